The van der Waals surface area contributed by atoms with Crippen LogP contribution in [0.4, 0.5) is 5.82 Å². The average molecular weight is 368 g/mol. The van der Waals surface area contributed by atoms with Gasteiger partial charge in [-0.3, -0.25) is 4.79 Å². The molecule has 1 aromatic carbocycles. The molecule has 0 radical (unpaired) electrons. The molecule has 1 saturated heterocycles. The topological polar surface area (TPSA) is 67.4 Å². The van der Waals surface area contributed by atoms with Gasteiger partial charge in [0, 0.05) is 31.9 Å². The summed E-state index contributed by atoms with van der Waals surface area (Å²) in [6.07, 6.45) is 3.43. The molecule has 144 valence electrons. The van der Waals surface area contributed by atoms with Crippen LogP contribution in [-0.4, -0.2) is 48.0 Å². The lowest BCUT2D eigenvalue weighted by Crippen LogP contribution is -2.39. The van der Waals surface area contributed by atoms with Gasteiger partial charge in [0.1, 0.15) is 17.4 Å². The number of likely N-dealkylation sites (tertiary alicyclic amines) is 1. The third-order valence-corrected chi connectivity index (χ3v) is 5.13. The van der Waals surface area contributed by atoms with Gasteiger partial charge >= 0.3 is 0 Å². The van der Waals surface area contributed by atoms with Crippen molar-refractivity contribution in [2.24, 2.45) is 5.92 Å². The minimum Gasteiger partial charge on any atom is -0.497 e. The Morgan fingerprint density at radius 1 is 1.22 bits per heavy atom. The number of hydrogen-bond donors (Lipinski definition) is 1. The molecule has 2 aromatic rings. The van der Waals surface area contributed by atoms with Gasteiger partial charge < -0.3 is 15.0 Å². The number of anilines is 1. The van der Waals surface area contributed by atoms with Gasteiger partial charge in [0.05, 0.1) is 13.5 Å². The smallest absolute Gasteiger partial charge is 0.226 e. The van der Waals surface area contributed by atoms with Gasteiger partial charge in [-0.05, 0) is 49.8 Å². The van der Waals surface area contributed by atoms with Crippen LogP contribution >= 0.6 is 0 Å². The summed E-state index contributed by atoms with van der Waals surface area (Å²) < 4.78 is 5.16. The highest BCUT2D eigenvalue weighted by molar-refractivity contribution is 5.78. The number of carbonyl (C=O) groups is 1. The zero-order chi connectivity index (χ0) is 19.2. The molecule has 2 heterocycles. The normalized spacial score (nSPS) is 14.9. The molecule has 6 heteroatoms. The first kappa shape index (κ1) is 19.1. The van der Waals surface area contributed by atoms with E-state index in [9.17, 15) is 4.79 Å². The van der Waals surface area contributed by atoms with E-state index in [1.165, 1.54) is 0 Å². The van der Waals surface area contributed by atoms with Gasteiger partial charge in [0.15, 0.2) is 0 Å². The van der Waals surface area contributed by atoms with Crippen molar-refractivity contribution in [3.05, 3.63) is 47.4 Å². The number of aromatic nitrogens is 2. The molecule has 0 saturated carbocycles. The maximum absolute atomic E-state index is 12.6. The van der Waals surface area contributed by atoms with Crippen molar-refractivity contribution in [2.45, 2.75) is 32.6 Å². The van der Waals surface area contributed by atoms with Crippen molar-refractivity contribution >= 4 is 11.7 Å². The molecule has 0 atom stereocenters. The Morgan fingerprint density at radius 3 is 2.56 bits per heavy atom. The minimum atomic E-state index is 0.203. The van der Waals surface area contributed by atoms with Gasteiger partial charge in [-0.2, -0.15) is 0 Å². The fourth-order valence-electron chi connectivity index (χ4n) is 3.57. The Bertz CT molecular complexity index is 768. The Labute approximate surface area is 161 Å². The molecule has 1 fully saturated rings. The molecule has 6 nitrogen and oxygen atoms in total. The first-order chi connectivity index (χ1) is 13.1. The molecular weight excluding hydrogens is 340 g/mol. The number of hydrogen-bond acceptors (Lipinski definition) is 5. The van der Waals surface area contributed by atoms with E-state index in [1.807, 2.05) is 49.2 Å². The Hall–Kier alpha value is -2.63. The van der Waals surface area contributed by atoms with Crippen molar-refractivity contribution in [1.29, 1.82) is 0 Å². The third-order valence-electron chi connectivity index (χ3n) is 5.13. The Kier molecular flexibility index (Phi) is 6.27. The van der Waals surface area contributed by atoms with Gasteiger partial charge in [0.25, 0.3) is 0 Å². The fourth-order valence-corrected chi connectivity index (χ4v) is 3.57. The lowest BCUT2D eigenvalue weighted by Gasteiger charge is -2.32. The summed E-state index contributed by atoms with van der Waals surface area (Å²) >= 11 is 0. The lowest BCUT2D eigenvalue weighted by molar-refractivity contribution is -0.131. The number of carbonyl (C=O) groups excluding carboxylic acids is 1. The molecule has 0 spiro atoms. The van der Waals surface area contributed by atoms with Crippen LogP contribution < -0.4 is 10.1 Å². The Morgan fingerprint density at radius 2 is 1.93 bits per heavy atom. The SMILES string of the molecule is CNc1cc(CC2CCN(C(=O)Cc3ccc(OC)cc3)CC2)nc(C)n1. The van der Waals surface area contributed by atoms with Crippen LogP contribution in [0.25, 0.3) is 0 Å². The van der Waals surface area contributed by atoms with Crippen LogP contribution in [0.1, 0.15) is 29.9 Å². The number of methoxy groups -OCH3 is 1. The molecule has 27 heavy (non-hydrogen) atoms. The van der Waals surface area contributed by atoms with E-state index in [0.29, 0.717) is 12.3 Å². The van der Waals surface area contributed by atoms with Crippen molar-refractivity contribution in [3.8, 4) is 5.75 Å². The highest BCUT2D eigenvalue weighted by Gasteiger charge is 2.23. The molecule has 1 aliphatic rings. The molecule has 1 N–H and O–H groups in total. The van der Waals surface area contributed by atoms with E-state index in [-0.39, 0.29) is 5.91 Å². The van der Waals surface area contributed by atoms with Crippen LogP contribution in [0.3, 0.4) is 0 Å². The largest absolute Gasteiger partial charge is 0.497 e. The molecule has 0 bridgehead atoms. The summed E-state index contributed by atoms with van der Waals surface area (Å²) in [4.78, 5) is 23.5. The number of aryl methyl sites for hydroxylation is 1. The summed E-state index contributed by atoms with van der Waals surface area (Å²) in [5.74, 6) is 3.24. The van der Waals surface area contributed by atoms with Crippen molar-refractivity contribution in [3.63, 3.8) is 0 Å². The fraction of sp³-hybridized carbons (Fsp3) is 0.476. The van der Waals surface area contributed by atoms with Crippen molar-refractivity contribution < 1.29 is 9.53 Å². The van der Waals surface area contributed by atoms with Gasteiger partial charge in [0.2, 0.25) is 5.91 Å². The monoisotopic (exact) mass is 368 g/mol. The molecule has 0 aliphatic carbocycles. The van der Waals surface area contributed by atoms with E-state index in [1.54, 1.807) is 7.11 Å². The van der Waals surface area contributed by atoms with Crippen molar-refractivity contribution in [2.75, 3.05) is 32.6 Å². The lowest BCUT2D eigenvalue weighted by atomic mass is 9.91. The molecule has 3 rings (SSSR count). The average Bonchev–Trinajstić information content (AvgIpc) is 2.68. The molecule has 0 unspecified atom stereocenters. The standard InChI is InChI=1S/C21H28N4O2/c1-15-23-18(14-20(22-2)24-15)12-17-8-10-25(11-9-17)21(26)13-16-4-6-19(27-3)7-5-16/h4-7,14,17H,8-13H2,1-3H3,(H,22,23,24). The third kappa shape index (κ3) is 5.18. The molecular formula is C21H28N4O2. The van der Waals surface area contributed by atoms with Crippen LogP contribution in [0.5, 0.6) is 5.75 Å². The molecule has 1 aliphatic heterocycles. The summed E-state index contributed by atoms with van der Waals surface area (Å²) in [6, 6.07) is 9.74. The summed E-state index contributed by atoms with van der Waals surface area (Å²) in [5, 5.41) is 3.09. The van der Waals surface area contributed by atoms with Crippen molar-refractivity contribution in [1.82, 2.24) is 14.9 Å². The first-order valence-electron chi connectivity index (χ1n) is 9.50. The second-order valence-electron chi connectivity index (χ2n) is 7.09. The number of ether oxygens (including phenoxy) is 1. The predicted octanol–water partition coefficient (Wildman–Crippen LogP) is 2.86. The summed E-state index contributed by atoms with van der Waals surface area (Å²) in [5.41, 5.74) is 2.11. The van der Waals surface area contributed by atoms with E-state index < -0.39 is 0 Å². The van der Waals surface area contributed by atoms with E-state index in [2.05, 4.69) is 15.3 Å². The number of nitrogens with zero attached hydrogens (tertiary/aromatic N) is 3. The van der Waals surface area contributed by atoms with Crippen LogP contribution in [0, 0.1) is 12.8 Å². The number of nitrogens with one attached hydrogen (secondary N) is 1. The first-order valence-corrected chi connectivity index (χ1v) is 9.50. The van der Waals surface area contributed by atoms with Gasteiger partial charge in [-0.25, -0.2) is 9.97 Å². The Balaban J connectivity index is 1.50. The zero-order valence-corrected chi connectivity index (χ0v) is 16.4. The summed E-state index contributed by atoms with van der Waals surface area (Å²) in [7, 11) is 3.52. The predicted molar refractivity (Wildman–Crippen MR) is 106 cm³/mol. The molecule has 1 aromatic heterocycles. The second-order valence-corrected chi connectivity index (χ2v) is 7.09. The van der Waals surface area contributed by atoms with E-state index in [4.69, 9.17) is 4.74 Å². The van der Waals surface area contributed by atoms with E-state index >= 15 is 0 Å². The summed E-state index contributed by atoms with van der Waals surface area (Å²) in [6.45, 7) is 3.57. The van der Waals surface area contributed by atoms with Crippen LogP contribution in [0.2, 0.25) is 0 Å². The highest BCUT2D eigenvalue weighted by Crippen LogP contribution is 2.23. The number of benzene rings is 1. The van der Waals surface area contributed by atoms with Crippen LogP contribution in [0.15, 0.2) is 30.3 Å². The zero-order valence-electron chi connectivity index (χ0n) is 16.4. The molecule has 1 amide bonds. The highest BCUT2D eigenvalue weighted by atomic mass is 16.5. The van der Waals surface area contributed by atoms with E-state index in [0.717, 1.165) is 61.0 Å². The maximum Gasteiger partial charge on any atom is 0.226 e. The quantitative estimate of drug-likeness (QED) is 0.849. The van der Waals surface area contributed by atoms with Gasteiger partial charge in [-0.1, -0.05) is 12.1 Å². The minimum absolute atomic E-state index is 0.203. The second kappa shape index (κ2) is 8.84. The van der Waals surface area contributed by atoms with Crippen LogP contribution in [-0.2, 0) is 17.6 Å². The number of piperidine rings is 1. The van der Waals surface area contributed by atoms with Gasteiger partial charge in [-0.15, -0.1) is 0 Å². The maximum atomic E-state index is 12.6. The number of amides is 1. The number of rotatable bonds is 6.